The van der Waals surface area contributed by atoms with Crippen molar-refractivity contribution in [2.45, 2.75) is 32.3 Å². The van der Waals surface area contributed by atoms with E-state index in [9.17, 15) is 14.7 Å². The first kappa shape index (κ1) is 26.4. The molecule has 0 atom stereocenters. The van der Waals surface area contributed by atoms with E-state index in [1.54, 1.807) is 35.2 Å². The van der Waals surface area contributed by atoms with E-state index in [0.29, 0.717) is 47.4 Å². The van der Waals surface area contributed by atoms with Crippen molar-refractivity contribution >= 4 is 40.9 Å². The molecule has 0 saturated carbocycles. The number of carboxylic acid groups (broad SMARTS) is 1. The highest BCUT2D eigenvalue weighted by Gasteiger charge is 2.29. The highest BCUT2D eigenvalue weighted by atomic mass is 35.5. The highest BCUT2D eigenvalue weighted by molar-refractivity contribution is 6.43. The Labute approximate surface area is 215 Å². The van der Waals surface area contributed by atoms with Crippen molar-refractivity contribution < 1.29 is 19.4 Å². The molecule has 2 amide bonds. The molecule has 0 aliphatic heterocycles. The number of anilines is 1. The van der Waals surface area contributed by atoms with E-state index in [1.807, 2.05) is 42.5 Å². The lowest BCUT2D eigenvalue weighted by atomic mass is 10.1. The summed E-state index contributed by atoms with van der Waals surface area (Å²) in [6.45, 7) is 3.98. The van der Waals surface area contributed by atoms with E-state index < -0.39 is 11.6 Å². The summed E-state index contributed by atoms with van der Waals surface area (Å²) in [6, 6.07) is 22.0. The third-order valence-electron chi connectivity index (χ3n) is 5.48. The highest BCUT2D eigenvalue weighted by Crippen LogP contribution is 2.29. The molecule has 0 heterocycles. The Kier molecular flexibility index (Phi) is 9.01. The molecular formula is C27H28Cl2N2O4. The van der Waals surface area contributed by atoms with Crippen molar-refractivity contribution in [3.63, 3.8) is 0 Å². The minimum Gasteiger partial charge on any atom is -0.478 e. The Morgan fingerprint density at radius 2 is 1.49 bits per heavy atom. The van der Waals surface area contributed by atoms with Crippen LogP contribution in [0.4, 0.5) is 10.5 Å². The summed E-state index contributed by atoms with van der Waals surface area (Å²) < 4.78 is 5.56. The van der Waals surface area contributed by atoms with Crippen LogP contribution in [0.15, 0.2) is 72.8 Å². The van der Waals surface area contributed by atoms with Gasteiger partial charge in [0, 0.05) is 13.1 Å². The van der Waals surface area contributed by atoms with Crippen molar-refractivity contribution in [1.29, 1.82) is 0 Å². The zero-order chi connectivity index (χ0) is 25.4. The van der Waals surface area contributed by atoms with E-state index >= 15 is 0 Å². The van der Waals surface area contributed by atoms with Crippen LogP contribution in [0, 0.1) is 0 Å². The number of carbonyl (C=O) groups is 2. The zero-order valence-corrected chi connectivity index (χ0v) is 21.1. The van der Waals surface area contributed by atoms with Gasteiger partial charge < -0.3 is 20.1 Å². The van der Waals surface area contributed by atoms with Gasteiger partial charge in [-0.3, -0.25) is 0 Å². The molecule has 0 aliphatic rings. The van der Waals surface area contributed by atoms with Crippen LogP contribution in [0.5, 0.6) is 5.75 Å². The SMILES string of the molecule is CC(C)(Oc1ccc(CCN(CCc2ccccc2)C(=O)Nc2cccc(Cl)c2Cl)cc1)C(=O)O. The predicted molar refractivity (Wildman–Crippen MR) is 140 cm³/mol. The Bertz CT molecular complexity index is 1150. The molecule has 3 rings (SSSR count). The molecular weight excluding hydrogens is 487 g/mol. The number of benzene rings is 3. The monoisotopic (exact) mass is 514 g/mol. The number of rotatable bonds is 10. The molecule has 0 spiro atoms. The van der Waals surface area contributed by atoms with Gasteiger partial charge in [0.15, 0.2) is 5.60 Å². The third kappa shape index (κ3) is 7.64. The molecule has 0 fully saturated rings. The smallest absolute Gasteiger partial charge is 0.347 e. The molecule has 0 aliphatic carbocycles. The average Bonchev–Trinajstić information content (AvgIpc) is 2.83. The van der Waals surface area contributed by atoms with Gasteiger partial charge in [-0.05, 0) is 62.1 Å². The van der Waals surface area contributed by atoms with Gasteiger partial charge >= 0.3 is 12.0 Å². The zero-order valence-electron chi connectivity index (χ0n) is 19.6. The molecule has 8 heteroatoms. The van der Waals surface area contributed by atoms with Crippen LogP contribution in [0.25, 0.3) is 0 Å². The fourth-order valence-electron chi connectivity index (χ4n) is 3.34. The minimum absolute atomic E-state index is 0.270. The van der Waals surface area contributed by atoms with Crippen LogP contribution in [0.1, 0.15) is 25.0 Å². The number of ether oxygens (including phenoxy) is 1. The maximum absolute atomic E-state index is 13.1. The Morgan fingerprint density at radius 3 is 2.09 bits per heavy atom. The number of halogens is 2. The van der Waals surface area contributed by atoms with E-state index in [4.69, 9.17) is 27.9 Å². The van der Waals surface area contributed by atoms with E-state index in [-0.39, 0.29) is 6.03 Å². The molecule has 0 unspecified atom stereocenters. The van der Waals surface area contributed by atoms with Crippen molar-refractivity contribution in [2.24, 2.45) is 0 Å². The van der Waals surface area contributed by atoms with Crippen LogP contribution >= 0.6 is 23.2 Å². The van der Waals surface area contributed by atoms with Gasteiger partial charge in [-0.1, -0.05) is 71.7 Å². The minimum atomic E-state index is -1.32. The first-order valence-electron chi connectivity index (χ1n) is 11.2. The number of carbonyl (C=O) groups excluding carboxylic acids is 1. The molecule has 0 radical (unpaired) electrons. The van der Waals surface area contributed by atoms with Crippen LogP contribution < -0.4 is 10.1 Å². The molecule has 0 bridgehead atoms. The van der Waals surface area contributed by atoms with Gasteiger partial charge in [-0.2, -0.15) is 0 Å². The molecule has 2 N–H and O–H groups in total. The second kappa shape index (κ2) is 12.0. The fourth-order valence-corrected chi connectivity index (χ4v) is 3.69. The van der Waals surface area contributed by atoms with Gasteiger partial charge in [0.05, 0.1) is 15.7 Å². The van der Waals surface area contributed by atoms with Crippen LogP contribution in [0.2, 0.25) is 10.0 Å². The van der Waals surface area contributed by atoms with Crippen molar-refractivity contribution in [3.8, 4) is 5.75 Å². The lowest BCUT2D eigenvalue weighted by molar-refractivity contribution is -0.152. The molecule has 0 aromatic heterocycles. The van der Waals surface area contributed by atoms with Gasteiger partial charge in [0.2, 0.25) is 0 Å². The number of amides is 2. The number of nitrogens with zero attached hydrogens (tertiary/aromatic N) is 1. The standard InChI is InChI=1S/C27H28Cl2N2O4/c1-27(2,25(32)33)35-21-13-11-20(12-14-21)16-18-31(17-15-19-7-4-3-5-8-19)26(34)30-23-10-6-9-22(28)24(23)29/h3-14H,15-18H2,1-2H3,(H,30,34)(H,32,33). The summed E-state index contributed by atoms with van der Waals surface area (Å²) in [7, 11) is 0. The number of hydrogen-bond donors (Lipinski definition) is 2. The van der Waals surface area contributed by atoms with E-state index in [2.05, 4.69) is 5.32 Å². The molecule has 3 aromatic rings. The molecule has 3 aromatic carbocycles. The summed E-state index contributed by atoms with van der Waals surface area (Å²) in [5, 5.41) is 12.8. The number of carboxylic acids is 1. The lowest BCUT2D eigenvalue weighted by Gasteiger charge is -2.24. The Morgan fingerprint density at radius 1 is 0.886 bits per heavy atom. The first-order chi connectivity index (χ1) is 16.7. The lowest BCUT2D eigenvalue weighted by Crippen LogP contribution is -2.38. The van der Waals surface area contributed by atoms with Crippen LogP contribution in [-0.2, 0) is 17.6 Å². The van der Waals surface area contributed by atoms with Crippen LogP contribution in [-0.4, -0.2) is 40.7 Å². The summed E-state index contributed by atoms with van der Waals surface area (Å²) >= 11 is 12.3. The molecule has 35 heavy (non-hydrogen) atoms. The second-order valence-electron chi connectivity index (χ2n) is 8.57. The number of hydrogen-bond acceptors (Lipinski definition) is 3. The van der Waals surface area contributed by atoms with Gasteiger partial charge in [-0.25, -0.2) is 9.59 Å². The quantitative estimate of drug-likeness (QED) is 0.321. The number of nitrogens with one attached hydrogen (secondary N) is 1. The molecule has 0 saturated heterocycles. The largest absolute Gasteiger partial charge is 0.478 e. The van der Waals surface area contributed by atoms with E-state index in [0.717, 1.165) is 11.1 Å². The number of urea groups is 1. The Hall–Kier alpha value is -3.22. The van der Waals surface area contributed by atoms with Gasteiger partial charge in [0.25, 0.3) is 0 Å². The average molecular weight is 515 g/mol. The van der Waals surface area contributed by atoms with Gasteiger partial charge in [0.1, 0.15) is 5.75 Å². The number of aliphatic carboxylic acids is 1. The van der Waals surface area contributed by atoms with Crippen molar-refractivity contribution in [2.75, 3.05) is 18.4 Å². The maximum atomic E-state index is 13.1. The second-order valence-corrected chi connectivity index (χ2v) is 9.35. The summed E-state index contributed by atoms with van der Waals surface area (Å²) in [4.78, 5) is 26.2. The van der Waals surface area contributed by atoms with Crippen molar-refractivity contribution in [1.82, 2.24) is 4.90 Å². The Balaban J connectivity index is 1.68. The van der Waals surface area contributed by atoms with Crippen molar-refractivity contribution in [3.05, 3.63) is 94.0 Å². The normalized spacial score (nSPS) is 11.1. The van der Waals surface area contributed by atoms with Crippen LogP contribution in [0.3, 0.4) is 0 Å². The molecule has 6 nitrogen and oxygen atoms in total. The summed E-state index contributed by atoms with van der Waals surface area (Å²) in [5.74, 6) is -0.572. The molecule has 184 valence electrons. The predicted octanol–water partition coefficient (Wildman–Crippen LogP) is 6.55. The fraction of sp³-hybridized carbons (Fsp3) is 0.259. The third-order valence-corrected chi connectivity index (χ3v) is 6.29. The summed E-state index contributed by atoms with van der Waals surface area (Å²) in [6.07, 6.45) is 1.31. The topological polar surface area (TPSA) is 78.9 Å². The summed E-state index contributed by atoms with van der Waals surface area (Å²) in [5.41, 5.74) is 1.25. The van der Waals surface area contributed by atoms with E-state index in [1.165, 1.54) is 13.8 Å². The maximum Gasteiger partial charge on any atom is 0.347 e. The first-order valence-corrected chi connectivity index (χ1v) is 12.0. The van der Waals surface area contributed by atoms with Gasteiger partial charge in [-0.15, -0.1) is 0 Å².